The zero-order valence-corrected chi connectivity index (χ0v) is 7.84. The fraction of sp³-hybridized carbons (Fsp3) is 0.200. The standard InChI is InChI=1S/C5H3N9O2/c1-13-10-3-2(4(11-13)8-12-6)5(9-7-3)14(15)16/h1H3. The second-order valence-electron chi connectivity index (χ2n) is 2.68. The first-order valence-corrected chi connectivity index (χ1v) is 3.90. The van der Waals surface area contributed by atoms with Gasteiger partial charge < -0.3 is 10.1 Å². The second kappa shape index (κ2) is 3.40. The Morgan fingerprint density at radius 1 is 1.50 bits per heavy atom. The Kier molecular flexibility index (Phi) is 2.07. The van der Waals surface area contributed by atoms with Crippen LogP contribution in [0.15, 0.2) is 5.11 Å². The molecule has 0 radical (unpaired) electrons. The summed E-state index contributed by atoms with van der Waals surface area (Å²) >= 11 is 0. The van der Waals surface area contributed by atoms with E-state index >= 15 is 0 Å². The maximum Gasteiger partial charge on any atom is 0.404 e. The molecular weight excluding hydrogens is 218 g/mol. The van der Waals surface area contributed by atoms with Gasteiger partial charge in [0.1, 0.15) is 0 Å². The molecule has 0 saturated heterocycles. The van der Waals surface area contributed by atoms with Gasteiger partial charge in [0, 0.05) is 12.0 Å². The van der Waals surface area contributed by atoms with Crippen LogP contribution < -0.4 is 0 Å². The number of nitrogens with zero attached hydrogens (tertiary/aromatic N) is 9. The molecule has 80 valence electrons. The Morgan fingerprint density at radius 3 is 2.88 bits per heavy atom. The van der Waals surface area contributed by atoms with Gasteiger partial charge in [-0.1, -0.05) is 0 Å². The van der Waals surface area contributed by atoms with Crippen LogP contribution in [0.4, 0.5) is 11.6 Å². The highest BCUT2D eigenvalue weighted by molar-refractivity contribution is 5.75. The van der Waals surface area contributed by atoms with Crippen molar-refractivity contribution in [2.24, 2.45) is 12.2 Å². The molecule has 11 nitrogen and oxygen atoms in total. The van der Waals surface area contributed by atoms with Gasteiger partial charge in [-0.2, -0.15) is 9.90 Å². The molecule has 2 aliphatic rings. The highest BCUT2D eigenvalue weighted by Gasteiger charge is 2.30. The van der Waals surface area contributed by atoms with Crippen LogP contribution >= 0.6 is 0 Å². The first-order valence-electron chi connectivity index (χ1n) is 3.90. The second-order valence-corrected chi connectivity index (χ2v) is 2.68. The molecule has 2 rings (SSSR count). The molecule has 2 aliphatic heterocycles. The minimum absolute atomic E-state index is 0.00611. The SMILES string of the molecule is Cn1nc2nnc([N+](=O)[O-])c-2c(N=[N+]=[N-])n1. The molecule has 0 atom stereocenters. The van der Waals surface area contributed by atoms with E-state index in [9.17, 15) is 10.1 Å². The third-order valence-corrected chi connectivity index (χ3v) is 1.70. The van der Waals surface area contributed by atoms with Crippen LogP contribution in [0.2, 0.25) is 0 Å². The quantitative estimate of drug-likeness (QED) is 0.237. The summed E-state index contributed by atoms with van der Waals surface area (Å²) in [4.78, 5) is 13.5. The lowest BCUT2D eigenvalue weighted by atomic mass is 10.3. The summed E-state index contributed by atoms with van der Waals surface area (Å²) in [5, 5.41) is 28.2. The summed E-state index contributed by atoms with van der Waals surface area (Å²) in [6.07, 6.45) is 0. The van der Waals surface area contributed by atoms with Gasteiger partial charge in [0.25, 0.3) is 0 Å². The fourth-order valence-electron chi connectivity index (χ4n) is 1.15. The predicted molar refractivity (Wildman–Crippen MR) is 48.7 cm³/mol. The lowest BCUT2D eigenvalue weighted by Crippen LogP contribution is -2.05. The number of aromatic nitrogens is 5. The van der Waals surface area contributed by atoms with Gasteiger partial charge in [-0.25, -0.2) is 0 Å². The zero-order chi connectivity index (χ0) is 11.7. The number of nitro groups is 1. The Balaban J connectivity index is 2.81. The molecule has 0 aromatic rings. The van der Waals surface area contributed by atoms with E-state index in [0.29, 0.717) is 0 Å². The molecule has 2 heterocycles. The van der Waals surface area contributed by atoms with E-state index in [1.54, 1.807) is 0 Å². The molecule has 0 unspecified atom stereocenters. The Morgan fingerprint density at radius 2 is 2.25 bits per heavy atom. The lowest BCUT2D eigenvalue weighted by Gasteiger charge is -2.01. The molecule has 0 aliphatic carbocycles. The van der Waals surface area contributed by atoms with Gasteiger partial charge in [-0.3, -0.25) is 0 Å². The topological polar surface area (TPSA) is 148 Å². The van der Waals surface area contributed by atoms with Gasteiger partial charge >= 0.3 is 5.82 Å². The molecule has 0 amide bonds. The van der Waals surface area contributed by atoms with Crippen molar-refractivity contribution in [1.29, 1.82) is 0 Å². The molecule has 0 N–H and O–H groups in total. The monoisotopic (exact) mass is 221 g/mol. The van der Waals surface area contributed by atoms with Crippen LogP contribution in [-0.2, 0) is 7.05 Å². The lowest BCUT2D eigenvalue weighted by molar-refractivity contribution is -0.388. The van der Waals surface area contributed by atoms with E-state index < -0.39 is 10.7 Å². The number of aryl methyl sites for hydroxylation is 1. The third-order valence-electron chi connectivity index (χ3n) is 1.70. The minimum atomic E-state index is -0.741. The average Bonchev–Trinajstić information content (AvgIpc) is 2.61. The zero-order valence-electron chi connectivity index (χ0n) is 7.84. The average molecular weight is 221 g/mol. The fourth-order valence-corrected chi connectivity index (χ4v) is 1.15. The molecule has 0 fully saturated rings. The highest BCUT2D eigenvalue weighted by Crippen LogP contribution is 2.33. The number of azide groups is 1. The molecule has 0 aromatic heterocycles. The molecule has 0 aromatic carbocycles. The normalized spacial score (nSPS) is 10.1. The summed E-state index contributed by atoms with van der Waals surface area (Å²) in [7, 11) is 1.47. The third kappa shape index (κ3) is 1.36. The Bertz CT molecular complexity index is 582. The molecule has 0 bridgehead atoms. The van der Waals surface area contributed by atoms with E-state index in [1.165, 1.54) is 7.05 Å². The maximum absolute atomic E-state index is 10.6. The van der Waals surface area contributed by atoms with E-state index in [0.717, 1.165) is 4.80 Å². The smallest absolute Gasteiger partial charge is 0.358 e. The molecular formula is C5H3N9O2. The van der Waals surface area contributed by atoms with E-state index in [4.69, 9.17) is 5.53 Å². The van der Waals surface area contributed by atoms with Crippen LogP contribution in [0.5, 0.6) is 0 Å². The summed E-state index contributed by atoms with van der Waals surface area (Å²) in [5.41, 5.74) is 8.25. The van der Waals surface area contributed by atoms with Crippen molar-refractivity contribution >= 4 is 11.6 Å². The van der Waals surface area contributed by atoms with Crippen molar-refractivity contribution in [1.82, 2.24) is 25.2 Å². The number of rotatable bonds is 2. The first kappa shape index (κ1) is 9.73. The maximum atomic E-state index is 10.6. The Labute approximate surface area is 86.8 Å². The predicted octanol–water partition coefficient (Wildman–Crippen LogP) is 0.560. The number of hydrogen-bond donors (Lipinski definition) is 0. The minimum Gasteiger partial charge on any atom is -0.358 e. The largest absolute Gasteiger partial charge is 0.404 e. The summed E-state index contributed by atoms with van der Waals surface area (Å²) in [5.74, 6) is -0.698. The summed E-state index contributed by atoms with van der Waals surface area (Å²) in [6, 6.07) is 0. The van der Waals surface area contributed by atoms with Gasteiger partial charge in [-0.05, 0) is 20.7 Å². The van der Waals surface area contributed by atoms with Crippen LogP contribution in [0.3, 0.4) is 0 Å². The van der Waals surface area contributed by atoms with Crippen LogP contribution in [-0.4, -0.2) is 30.1 Å². The number of fused-ring (bicyclic) bond motifs is 1. The van der Waals surface area contributed by atoms with E-state index in [1.807, 2.05) is 0 Å². The van der Waals surface area contributed by atoms with Crippen molar-refractivity contribution in [3.8, 4) is 11.4 Å². The van der Waals surface area contributed by atoms with Crippen molar-refractivity contribution in [2.75, 3.05) is 0 Å². The molecule has 16 heavy (non-hydrogen) atoms. The van der Waals surface area contributed by atoms with E-state index in [-0.39, 0.29) is 17.2 Å². The summed E-state index contributed by atoms with van der Waals surface area (Å²) in [6.45, 7) is 0. The van der Waals surface area contributed by atoms with Crippen molar-refractivity contribution in [3.63, 3.8) is 0 Å². The molecule has 11 heteroatoms. The van der Waals surface area contributed by atoms with Crippen molar-refractivity contribution in [3.05, 3.63) is 20.6 Å². The van der Waals surface area contributed by atoms with Crippen molar-refractivity contribution in [2.45, 2.75) is 0 Å². The first-order chi connectivity index (χ1) is 7.63. The van der Waals surface area contributed by atoms with Crippen LogP contribution in [0, 0.1) is 10.1 Å². The molecule has 0 spiro atoms. The van der Waals surface area contributed by atoms with Gasteiger partial charge in [-0.15, -0.1) is 5.10 Å². The Hall–Kier alpha value is -2.81. The number of hydrogen-bond acceptors (Lipinski definition) is 7. The van der Waals surface area contributed by atoms with Crippen LogP contribution in [0.25, 0.3) is 21.8 Å². The van der Waals surface area contributed by atoms with Gasteiger partial charge in [0.15, 0.2) is 11.4 Å². The molecule has 0 saturated carbocycles. The summed E-state index contributed by atoms with van der Waals surface area (Å²) < 4.78 is 0. The van der Waals surface area contributed by atoms with Crippen LogP contribution in [0.1, 0.15) is 0 Å². The van der Waals surface area contributed by atoms with E-state index in [2.05, 4.69) is 30.4 Å². The van der Waals surface area contributed by atoms with Crippen molar-refractivity contribution < 1.29 is 4.92 Å². The van der Waals surface area contributed by atoms with Gasteiger partial charge in [0.2, 0.25) is 5.82 Å². The van der Waals surface area contributed by atoms with Gasteiger partial charge in [0.05, 0.1) is 5.10 Å². The highest BCUT2D eigenvalue weighted by atomic mass is 16.6.